The van der Waals surface area contributed by atoms with Crippen molar-refractivity contribution < 1.29 is 30.8 Å². The molecule has 3 rings (SSSR count). The van der Waals surface area contributed by atoms with Crippen LogP contribution in [0.2, 0.25) is 5.02 Å². The first-order valence-electron chi connectivity index (χ1n) is 8.62. The maximum absolute atomic E-state index is 13.3. The number of hydrogen-bond donors (Lipinski definition) is 1. The minimum atomic E-state index is -4.63. The normalized spacial score (nSPS) is 19.5. The van der Waals surface area contributed by atoms with Crippen molar-refractivity contribution in [2.24, 2.45) is 5.92 Å². The highest BCUT2D eigenvalue weighted by Crippen LogP contribution is 2.37. The average Bonchev–Trinajstić information content (AvgIpc) is 2.58. The van der Waals surface area contributed by atoms with Gasteiger partial charge in [0.05, 0.1) is 15.7 Å². The first-order chi connectivity index (χ1) is 13.5. The molecule has 0 spiro atoms. The smallest absolute Gasteiger partial charge is 0.352 e. The summed E-state index contributed by atoms with van der Waals surface area (Å²) in [5, 5.41) is 1.85. The molecule has 0 radical (unpaired) electrons. The molecule has 1 N–H and O–H groups in total. The van der Waals surface area contributed by atoms with Crippen LogP contribution in [-0.4, -0.2) is 26.1 Å². The molecule has 0 bridgehead atoms. The van der Waals surface area contributed by atoms with Crippen LogP contribution in [0.1, 0.15) is 28.8 Å². The van der Waals surface area contributed by atoms with E-state index >= 15 is 0 Å². The zero-order valence-corrected chi connectivity index (χ0v) is 16.4. The topological polar surface area (TPSA) is 63.2 Å². The highest BCUT2D eigenvalue weighted by Gasteiger charge is 2.40. The van der Waals surface area contributed by atoms with Crippen LogP contribution in [0.4, 0.5) is 17.6 Å². The monoisotopic (exact) mass is 449 g/mol. The molecule has 2 aromatic carbocycles. The van der Waals surface area contributed by atoms with Gasteiger partial charge in [0.1, 0.15) is 5.82 Å². The summed E-state index contributed by atoms with van der Waals surface area (Å²) in [6, 6.07) is 7.07. The van der Waals surface area contributed by atoms with Crippen LogP contribution >= 0.6 is 11.6 Å². The van der Waals surface area contributed by atoms with Gasteiger partial charge in [0, 0.05) is 17.1 Å². The van der Waals surface area contributed by atoms with Gasteiger partial charge in [0.15, 0.2) is 9.84 Å². The molecule has 0 saturated heterocycles. The van der Waals surface area contributed by atoms with Crippen molar-refractivity contribution in [2.45, 2.75) is 29.2 Å². The number of nitrogens with one attached hydrogen (secondary N) is 1. The number of hydrogen-bond acceptors (Lipinski definition) is 3. The van der Waals surface area contributed by atoms with Crippen molar-refractivity contribution in [3.8, 4) is 0 Å². The van der Waals surface area contributed by atoms with E-state index in [0.29, 0.717) is 6.07 Å². The summed E-state index contributed by atoms with van der Waals surface area (Å²) < 4.78 is 76.9. The fourth-order valence-electron chi connectivity index (χ4n) is 3.16. The standard InChI is InChI=1S/C19H16ClF4NO3S/c20-14-6-12(7-15(21)9-14)18(26)25-10-11-4-17(5-11)29(27,28)16-3-1-2-13(8-16)19(22,23)24/h1-3,6-9,11,17H,4-5,10H2,(H,25,26)/t11-,17+. The molecule has 0 unspecified atom stereocenters. The minimum Gasteiger partial charge on any atom is -0.352 e. The van der Waals surface area contributed by atoms with Gasteiger partial charge < -0.3 is 5.32 Å². The lowest BCUT2D eigenvalue weighted by atomic mass is 9.85. The van der Waals surface area contributed by atoms with E-state index in [1.54, 1.807) is 0 Å². The van der Waals surface area contributed by atoms with Gasteiger partial charge in [-0.3, -0.25) is 4.79 Å². The van der Waals surface area contributed by atoms with Crippen LogP contribution in [0, 0.1) is 11.7 Å². The number of sulfone groups is 1. The van der Waals surface area contributed by atoms with E-state index in [0.717, 1.165) is 30.3 Å². The van der Waals surface area contributed by atoms with Gasteiger partial charge in [-0.05, 0) is 55.2 Å². The number of halogens is 5. The van der Waals surface area contributed by atoms with Gasteiger partial charge >= 0.3 is 6.18 Å². The van der Waals surface area contributed by atoms with Crippen molar-refractivity contribution in [2.75, 3.05) is 6.54 Å². The molecule has 1 aliphatic rings. The predicted octanol–water partition coefficient (Wildman–Crippen LogP) is 4.48. The van der Waals surface area contributed by atoms with Gasteiger partial charge in [0.2, 0.25) is 0 Å². The SMILES string of the molecule is O=C(NC[C@H]1C[C@@H](S(=O)(=O)c2cccc(C(F)(F)F)c2)C1)c1cc(F)cc(Cl)c1. The Balaban J connectivity index is 1.58. The molecular weight excluding hydrogens is 434 g/mol. The zero-order chi connectivity index (χ0) is 21.4. The predicted molar refractivity (Wildman–Crippen MR) is 98.9 cm³/mol. The summed E-state index contributed by atoms with van der Waals surface area (Å²) in [7, 11) is -3.90. The van der Waals surface area contributed by atoms with Crippen molar-refractivity contribution in [1.82, 2.24) is 5.32 Å². The van der Waals surface area contributed by atoms with E-state index in [1.807, 2.05) is 0 Å². The third kappa shape index (κ3) is 4.90. The maximum atomic E-state index is 13.3. The summed E-state index contributed by atoms with van der Waals surface area (Å²) in [6.45, 7) is 0.168. The lowest BCUT2D eigenvalue weighted by Crippen LogP contribution is -2.42. The first kappa shape index (κ1) is 21.6. The third-order valence-electron chi connectivity index (χ3n) is 4.80. The molecule has 10 heteroatoms. The van der Waals surface area contributed by atoms with Crippen LogP contribution in [-0.2, 0) is 16.0 Å². The lowest BCUT2D eigenvalue weighted by molar-refractivity contribution is -0.137. The molecule has 4 nitrogen and oxygen atoms in total. The molecule has 156 valence electrons. The van der Waals surface area contributed by atoms with Gasteiger partial charge in [0.25, 0.3) is 5.91 Å². The Morgan fingerprint density at radius 1 is 1.14 bits per heavy atom. The Bertz CT molecular complexity index is 1010. The molecule has 0 atom stereocenters. The van der Waals surface area contributed by atoms with Crippen molar-refractivity contribution >= 4 is 27.3 Å². The van der Waals surface area contributed by atoms with E-state index in [2.05, 4.69) is 5.32 Å². The highest BCUT2D eigenvalue weighted by molar-refractivity contribution is 7.92. The molecule has 1 amide bonds. The molecule has 0 aromatic heterocycles. The summed E-state index contributed by atoms with van der Waals surface area (Å²) in [4.78, 5) is 11.7. The Labute approximate surface area is 169 Å². The quantitative estimate of drug-likeness (QED) is 0.684. The van der Waals surface area contributed by atoms with E-state index in [4.69, 9.17) is 11.6 Å². The Morgan fingerprint density at radius 2 is 1.83 bits per heavy atom. The molecule has 1 aliphatic carbocycles. The van der Waals surface area contributed by atoms with E-state index in [1.165, 1.54) is 6.07 Å². The number of benzene rings is 2. The van der Waals surface area contributed by atoms with Crippen LogP contribution in [0.5, 0.6) is 0 Å². The lowest BCUT2D eigenvalue weighted by Gasteiger charge is -2.35. The average molecular weight is 450 g/mol. The first-order valence-corrected chi connectivity index (χ1v) is 10.5. The maximum Gasteiger partial charge on any atom is 0.416 e. The second-order valence-electron chi connectivity index (χ2n) is 6.90. The third-order valence-corrected chi connectivity index (χ3v) is 7.19. The minimum absolute atomic E-state index is 0.0439. The van der Waals surface area contributed by atoms with Gasteiger partial charge in [-0.15, -0.1) is 0 Å². The van der Waals surface area contributed by atoms with Gasteiger partial charge in [-0.1, -0.05) is 17.7 Å². The molecule has 1 saturated carbocycles. The second kappa shape index (κ2) is 7.95. The van der Waals surface area contributed by atoms with E-state index in [-0.39, 0.29) is 40.8 Å². The summed E-state index contributed by atoms with van der Waals surface area (Å²) in [5.41, 5.74) is -0.974. The Kier molecular flexibility index (Phi) is 5.91. The summed E-state index contributed by atoms with van der Waals surface area (Å²) in [5.74, 6) is -1.34. The van der Waals surface area contributed by atoms with E-state index in [9.17, 15) is 30.8 Å². The second-order valence-corrected chi connectivity index (χ2v) is 9.56. The fourth-order valence-corrected chi connectivity index (χ4v) is 5.38. The zero-order valence-electron chi connectivity index (χ0n) is 14.8. The van der Waals surface area contributed by atoms with Crippen molar-refractivity contribution in [3.05, 3.63) is 64.4 Å². The molecule has 0 heterocycles. The van der Waals surface area contributed by atoms with Crippen LogP contribution in [0.3, 0.4) is 0 Å². The molecular formula is C19H16ClF4NO3S. The van der Waals surface area contributed by atoms with Crippen molar-refractivity contribution in [1.29, 1.82) is 0 Å². The Morgan fingerprint density at radius 3 is 2.45 bits per heavy atom. The number of amides is 1. The number of carbonyl (C=O) groups excluding carboxylic acids is 1. The number of carbonyl (C=O) groups is 1. The van der Waals surface area contributed by atoms with Crippen LogP contribution < -0.4 is 5.32 Å². The molecule has 29 heavy (non-hydrogen) atoms. The fraction of sp³-hybridized carbons (Fsp3) is 0.316. The Hall–Kier alpha value is -2.13. The van der Waals surface area contributed by atoms with Crippen LogP contribution in [0.15, 0.2) is 47.4 Å². The summed E-state index contributed by atoms with van der Waals surface area (Å²) >= 11 is 5.71. The molecule has 2 aromatic rings. The summed E-state index contributed by atoms with van der Waals surface area (Å²) in [6.07, 6.45) is -4.21. The van der Waals surface area contributed by atoms with Crippen LogP contribution in [0.25, 0.3) is 0 Å². The molecule has 0 aliphatic heterocycles. The largest absolute Gasteiger partial charge is 0.416 e. The highest BCUT2D eigenvalue weighted by atomic mass is 35.5. The van der Waals surface area contributed by atoms with Crippen molar-refractivity contribution in [3.63, 3.8) is 0 Å². The number of rotatable bonds is 5. The van der Waals surface area contributed by atoms with E-state index < -0.39 is 38.6 Å². The van der Waals surface area contributed by atoms with Gasteiger partial charge in [-0.2, -0.15) is 13.2 Å². The van der Waals surface area contributed by atoms with Gasteiger partial charge in [-0.25, -0.2) is 12.8 Å². The number of alkyl halides is 3. The molecule has 1 fully saturated rings.